The van der Waals surface area contributed by atoms with Crippen LogP contribution < -0.4 is 42.4 Å². The summed E-state index contributed by atoms with van der Waals surface area (Å²) in [6, 6.07) is 61.5. The third-order valence-electron chi connectivity index (χ3n) is 14.1. The van der Waals surface area contributed by atoms with E-state index in [-0.39, 0.29) is 13.4 Å². The second-order valence-corrected chi connectivity index (χ2v) is 18.1. The molecule has 0 saturated heterocycles. The first kappa shape index (κ1) is 32.3. The van der Waals surface area contributed by atoms with Gasteiger partial charge in [0.25, 0.3) is 6.71 Å². The van der Waals surface area contributed by atoms with Gasteiger partial charge in [-0.1, -0.05) is 126 Å². The van der Waals surface area contributed by atoms with Crippen molar-refractivity contribution >= 4 is 141 Å². The first-order valence-corrected chi connectivity index (χ1v) is 22.0. The Labute approximate surface area is 358 Å². The zero-order chi connectivity index (χ0) is 39.9. The molecule has 5 nitrogen and oxygen atoms in total. The molecule has 0 fully saturated rings. The van der Waals surface area contributed by atoms with Crippen molar-refractivity contribution in [3.05, 3.63) is 170 Å². The average molecular weight is 807 g/mol. The second kappa shape index (κ2) is 11.2. The number of nitrogens with zero attached hydrogens (tertiary/aromatic N) is 2. The van der Waals surface area contributed by atoms with Gasteiger partial charge in [-0.25, -0.2) is 0 Å². The lowest BCUT2D eigenvalue weighted by molar-refractivity contribution is 0.487. The van der Waals surface area contributed by atoms with E-state index >= 15 is 0 Å². The molecule has 9 aromatic carbocycles. The molecule has 0 aliphatic carbocycles. The van der Waals surface area contributed by atoms with Crippen LogP contribution in [0.15, 0.2) is 188 Å². The summed E-state index contributed by atoms with van der Waals surface area (Å²) in [5.41, 5.74) is 18.0. The molecule has 12 aromatic rings. The lowest BCUT2D eigenvalue weighted by Gasteiger charge is -2.43. The van der Waals surface area contributed by atoms with E-state index in [9.17, 15) is 0 Å². The van der Waals surface area contributed by atoms with E-state index < -0.39 is 0 Å². The summed E-state index contributed by atoms with van der Waals surface area (Å²) in [7, 11) is 0. The Morgan fingerprint density at radius 2 is 0.984 bits per heavy atom. The fourth-order valence-electron chi connectivity index (χ4n) is 11.7. The predicted octanol–water partition coefficient (Wildman–Crippen LogP) is 10.3. The Morgan fingerprint density at radius 3 is 1.66 bits per heavy atom. The smallest absolute Gasteiger partial charge is 0.256 e. The quantitative estimate of drug-likeness (QED) is 0.166. The normalized spacial score (nSPS) is 13.8. The van der Waals surface area contributed by atoms with Gasteiger partial charge in [0.05, 0.1) is 11.4 Å². The van der Waals surface area contributed by atoms with Crippen LogP contribution in [0.25, 0.3) is 71.4 Å². The van der Waals surface area contributed by atoms with Crippen LogP contribution in [-0.4, -0.2) is 18.0 Å². The van der Waals surface area contributed by atoms with Crippen molar-refractivity contribution < 1.29 is 13.6 Å². The highest BCUT2D eigenvalue weighted by Gasteiger charge is 2.50. The molecule has 0 N–H and O–H groups in total. The number of anilines is 3. The Hall–Kier alpha value is -7.54. The van der Waals surface area contributed by atoms with Crippen LogP contribution in [0.3, 0.4) is 0 Å². The largest absolute Gasteiger partial charge is 0.456 e. The first-order valence-electron chi connectivity index (χ1n) is 21.2. The molecule has 0 saturated carbocycles. The van der Waals surface area contributed by atoms with E-state index in [1.807, 2.05) is 23.9 Å². The third-order valence-corrected chi connectivity index (χ3v) is 15.3. The molecule has 4 aliphatic heterocycles. The molecule has 0 unspecified atom stereocenters. The summed E-state index contributed by atoms with van der Waals surface area (Å²) in [4.78, 5) is 4.87. The number of rotatable bonds is 3. The van der Waals surface area contributed by atoms with Crippen molar-refractivity contribution in [1.29, 1.82) is 0 Å². The van der Waals surface area contributed by atoms with Crippen LogP contribution in [0.4, 0.5) is 17.1 Å². The van der Waals surface area contributed by atoms with Crippen LogP contribution in [0, 0.1) is 0 Å². The molecule has 16 rings (SSSR count). The fraction of sp³-hybridized carbons (Fsp3) is 0. The molecule has 62 heavy (non-hydrogen) atoms. The number of furan rings is 2. The molecule has 0 radical (unpaired) electrons. The summed E-state index contributed by atoms with van der Waals surface area (Å²) in [5, 5.41) is 6.98. The van der Waals surface area contributed by atoms with Gasteiger partial charge >= 0.3 is 0 Å². The van der Waals surface area contributed by atoms with E-state index in [0.717, 1.165) is 72.4 Å². The lowest BCUT2D eigenvalue weighted by Crippen LogP contribution is -2.65. The van der Waals surface area contributed by atoms with Gasteiger partial charge in [-0.2, -0.15) is 0 Å². The number of benzene rings is 9. The third kappa shape index (κ3) is 3.83. The minimum Gasteiger partial charge on any atom is -0.456 e. The highest BCUT2D eigenvalue weighted by molar-refractivity contribution is 8.00. The molecule has 284 valence electrons. The number of aromatic nitrogens is 1. The maximum absolute atomic E-state index is 7.50. The zero-order valence-electron chi connectivity index (χ0n) is 32.8. The van der Waals surface area contributed by atoms with Gasteiger partial charge in [-0.05, 0) is 75.8 Å². The van der Waals surface area contributed by atoms with Crippen LogP contribution in [0.2, 0.25) is 0 Å². The maximum atomic E-state index is 7.50. The molecule has 7 heterocycles. The lowest BCUT2D eigenvalue weighted by atomic mass is 9.30. The average Bonchev–Trinajstić information content (AvgIpc) is 4.00. The van der Waals surface area contributed by atoms with Crippen LogP contribution >= 0.6 is 11.8 Å². The van der Waals surface area contributed by atoms with Crippen molar-refractivity contribution in [3.8, 4) is 17.2 Å². The van der Waals surface area contributed by atoms with Crippen molar-refractivity contribution in [1.82, 2.24) is 4.57 Å². The Kier molecular flexibility index (Phi) is 5.84. The van der Waals surface area contributed by atoms with Crippen molar-refractivity contribution in [2.75, 3.05) is 4.90 Å². The van der Waals surface area contributed by atoms with Gasteiger partial charge in [-0.3, -0.25) is 0 Å². The molecular formula is C54H28B2N2O3S. The fourth-order valence-corrected chi connectivity index (χ4v) is 13.0. The van der Waals surface area contributed by atoms with E-state index in [2.05, 4.69) is 167 Å². The molecular weight excluding hydrogens is 778 g/mol. The highest BCUT2D eigenvalue weighted by Crippen LogP contribution is 2.53. The molecule has 4 aliphatic rings. The van der Waals surface area contributed by atoms with Gasteiger partial charge in [0.1, 0.15) is 39.5 Å². The maximum Gasteiger partial charge on any atom is 0.256 e. The second-order valence-electron chi connectivity index (χ2n) is 17.0. The van der Waals surface area contributed by atoms with E-state index in [1.54, 1.807) is 0 Å². The molecule has 8 heteroatoms. The zero-order valence-corrected chi connectivity index (χ0v) is 33.7. The minimum absolute atomic E-state index is 0.0129. The van der Waals surface area contributed by atoms with Crippen molar-refractivity contribution in [3.63, 3.8) is 0 Å². The van der Waals surface area contributed by atoms with E-state index in [4.69, 9.17) is 13.6 Å². The Morgan fingerprint density at radius 1 is 0.452 bits per heavy atom. The molecule has 0 bridgehead atoms. The Bertz CT molecular complexity index is 3800. The number of para-hydroxylation sites is 5. The number of hydrogen-bond donors (Lipinski definition) is 0. The first-order chi connectivity index (χ1) is 30.8. The van der Waals surface area contributed by atoms with Crippen LogP contribution in [0.1, 0.15) is 0 Å². The van der Waals surface area contributed by atoms with Gasteiger partial charge in [0.15, 0.2) is 0 Å². The standard InChI is InChI=1S/C54H28B2N2O3S/c1-5-19-41-31(11-1)33-25-23-29(27-44(33)59-41)57(30-24-26-34-32-12-2-6-20-42(32)60-45(34)28-30)52-53-47-51-48-54(52)62-46-22-8-4-16-38(46)56(48)40-18-10-14-36-35-13-9-17-39(49(35)58(51)50(36)40)55(47)37-15-3-7-21-43(37)61-53/h1-28H. The monoisotopic (exact) mass is 806 g/mol. The van der Waals surface area contributed by atoms with Crippen LogP contribution in [-0.2, 0) is 0 Å². The summed E-state index contributed by atoms with van der Waals surface area (Å²) in [6.07, 6.45) is 0. The SMILES string of the molecule is c1ccc2c(c1)Oc1c3c4c5c(c1N(c1ccc6c(c1)oc1ccccc16)c1ccc6c(c1)oc1ccccc16)Sc1ccccc1B5c1cccc5c6cccc(c6n-4c15)B23. The summed E-state index contributed by atoms with van der Waals surface area (Å²) >= 11 is 1.86. The number of ether oxygens (including phenoxy) is 1. The highest BCUT2D eigenvalue weighted by atomic mass is 32.2. The van der Waals surface area contributed by atoms with Gasteiger partial charge in [0.2, 0.25) is 6.71 Å². The summed E-state index contributed by atoms with van der Waals surface area (Å²) < 4.78 is 23.4. The molecule has 3 aromatic heterocycles. The molecule has 0 amide bonds. The predicted molar refractivity (Wildman–Crippen MR) is 256 cm³/mol. The van der Waals surface area contributed by atoms with Gasteiger partial charge in [-0.15, -0.1) is 0 Å². The Balaban J connectivity index is 1.10. The van der Waals surface area contributed by atoms with Crippen molar-refractivity contribution in [2.45, 2.75) is 9.79 Å². The molecule has 0 spiro atoms. The van der Waals surface area contributed by atoms with E-state index in [1.165, 1.54) is 70.1 Å². The summed E-state index contributed by atoms with van der Waals surface area (Å²) in [6.45, 7) is -0.0321. The van der Waals surface area contributed by atoms with Gasteiger partial charge < -0.3 is 23.0 Å². The topological polar surface area (TPSA) is 43.7 Å². The number of hydrogen-bond acceptors (Lipinski definition) is 5. The van der Waals surface area contributed by atoms with Crippen molar-refractivity contribution in [2.24, 2.45) is 0 Å². The minimum atomic E-state index is -0.0450. The van der Waals surface area contributed by atoms with Crippen LogP contribution in [0.5, 0.6) is 11.5 Å². The van der Waals surface area contributed by atoms with E-state index in [0.29, 0.717) is 0 Å². The van der Waals surface area contributed by atoms with Gasteiger partial charge in [0, 0.05) is 71.0 Å². The number of fused-ring (bicyclic) bond motifs is 13. The molecule has 0 atom stereocenters. The summed E-state index contributed by atoms with van der Waals surface area (Å²) in [5.74, 6) is 1.76.